The first-order valence-electron chi connectivity index (χ1n) is 8.18. The van der Waals surface area contributed by atoms with Gasteiger partial charge in [0.15, 0.2) is 0 Å². The molecule has 1 heterocycles. The monoisotopic (exact) mass is 373 g/mol. The molecule has 0 aromatic heterocycles. The molecule has 1 saturated heterocycles. The number of hydrogen-bond donors (Lipinski definition) is 2. The largest absolute Gasteiger partial charge is 0.493 e. The van der Waals surface area contributed by atoms with Gasteiger partial charge in [-0.3, -0.25) is 4.79 Å². The molecule has 9 heteroatoms. The van der Waals surface area contributed by atoms with E-state index in [0.29, 0.717) is 11.4 Å². The van der Waals surface area contributed by atoms with E-state index in [1.54, 1.807) is 24.3 Å². The summed E-state index contributed by atoms with van der Waals surface area (Å²) in [5.41, 5.74) is 4.13. The maximum Gasteiger partial charge on any atom is 0.394 e. The third-order valence-corrected chi connectivity index (χ3v) is 4.55. The van der Waals surface area contributed by atoms with Crippen molar-refractivity contribution in [2.75, 3.05) is 18.5 Å². The Balaban J connectivity index is 1.96. The van der Waals surface area contributed by atoms with Gasteiger partial charge in [0.25, 0.3) is 0 Å². The Labute approximate surface area is 149 Å². The first kappa shape index (κ1) is 19.9. The van der Waals surface area contributed by atoms with E-state index >= 15 is 0 Å². The highest BCUT2D eigenvalue weighted by molar-refractivity contribution is 5.90. The van der Waals surface area contributed by atoms with Crippen LogP contribution in [0.25, 0.3) is 0 Å². The molecule has 0 radical (unpaired) electrons. The van der Waals surface area contributed by atoms with Gasteiger partial charge < -0.3 is 20.7 Å². The van der Waals surface area contributed by atoms with E-state index < -0.39 is 29.6 Å². The van der Waals surface area contributed by atoms with Gasteiger partial charge in [-0.05, 0) is 44.5 Å². The zero-order chi connectivity index (χ0) is 19.5. The lowest BCUT2D eigenvalue weighted by molar-refractivity contribution is -0.189. The van der Waals surface area contributed by atoms with Crippen molar-refractivity contribution >= 4 is 17.6 Å². The third-order valence-electron chi connectivity index (χ3n) is 4.55. The van der Waals surface area contributed by atoms with E-state index in [1.807, 2.05) is 0 Å². The molecule has 144 valence electrons. The van der Waals surface area contributed by atoms with E-state index in [2.05, 4.69) is 5.32 Å². The number of nitrogens with two attached hydrogens (primary N) is 1. The Kier molecular flexibility index (Phi) is 5.68. The lowest BCUT2D eigenvalue weighted by Gasteiger charge is -2.36. The Hall–Kier alpha value is -2.45. The van der Waals surface area contributed by atoms with Crippen molar-refractivity contribution < 1.29 is 27.5 Å². The van der Waals surface area contributed by atoms with E-state index in [1.165, 1.54) is 18.7 Å². The van der Waals surface area contributed by atoms with Gasteiger partial charge in [-0.15, -0.1) is 0 Å². The number of benzene rings is 1. The standard InChI is InChI=1S/C17H22F3N3O3/c1-16(2)13(17(18,19)20)7-9-23(16)15(25)22-11-3-5-12(6-4-11)26-10-8-14(21)24/h3-6,13H,7-10H2,1-2H3,(H2,21,24)(H,22,25)/t13-/m0/s1. The molecular weight excluding hydrogens is 351 g/mol. The molecule has 0 bridgehead atoms. The molecule has 3 amide bonds. The summed E-state index contributed by atoms with van der Waals surface area (Å²) in [5, 5.41) is 2.60. The highest BCUT2D eigenvalue weighted by atomic mass is 19.4. The minimum absolute atomic E-state index is 0.0390. The molecule has 1 aliphatic heterocycles. The van der Waals surface area contributed by atoms with Crippen LogP contribution in [0.3, 0.4) is 0 Å². The minimum atomic E-state index is -4.34. The number of amides is 3. The first-order chi connectivity index (χ1) is 12.0. The van der Waals surface area contributed by atoms with Gasteiger partial charge in [0, 0.05) is 12.2 Å². The molecule has 26 heavy (non-hydrogen) atoms. The number of rotatable bonds is 5. The highest BCUT2D eigenvalue weighted by Gasteiger charge is 2.56. The summed E-state index contributed by atoms with van der Waals surface area (Å²) in [7, 11) is 0. The SMILES string of the molecule is CC1(C)[C@@H](C(F)(F)F)CCN1C(=O)Nc1ccc(OCCC(N)=O)cc1. The summed E-state index contributed by atoms with van der Waals surface area (Å²) in [6, 6.07) is 5.74. The Bertz CT molecular complexity index is 659. The maximum atomic E-state index is 13.1. The zero-order valence-corrected chi connectivity index (χ0v) is 14.6. The number of halogens is 3. The Morgan fingerprint density at radius 2 is 1.92 bits per heavy atom. The van der Waals surface area contributed by atoms with Crippen molar-refractivity contribution in [1.29, 1.82) is 0 Å². The predicted octanol–water partition coefficient (Wildman–Crippen LogP) is 3.14. The van der Waals surface area contributed by atoms with Crippen LogP contribution in [0, 0.1) is 5.92 Å². The van der Waals surface area contributed by atoms with Crippen molar-refractivity contribution in [3.8, 4) is 5.75 Å². The number of alkyl halides is 3. The van der Waals surface area contributed by atoms with Gasteiger partial charge in [0.05, 0.1) is 24.5 Å². The number of hydrogen-bond acceptors (Lipinski definition) is 3. The van der Waals surface area contributed by atoms with E-state index in [-0.39, 0.29) is 26.0 Å². The van der Waals surface area contributed by atoms with Crippen LogP contribution in [-0.4, -0.2) is 41.7 Å². The first-order valence-corrected chi connectivity index (χ1v) is 8.18. The van der Waals surface area contributed by atoms with Crippen LogP contribution < -0.4 is 15.8 Å². The average Bonchev–Trinajstić information content (AvgIpc) is 2.83. The molecule has 1 aliphatic rings. The summed E-state index contributed by atoms with van der Waals surface area (Å²) in [6.45, 7) is 3.03. The Morgan fingerprint density at radius 1 is 1.31 bits per heavy atom. The fourth-order valence-electron chi connectivity index (χ4n) is 3.11. The van der Waals surface area contributed by atoms with Gasteiger partial charge >= 0.3 is 12.2 Å². The number of carbonyl (C=O) groups excluding carboxylic acids is 2. The summed E-state index contributed by atoms with van der Waals surface area (Å²) in [5.74, 6) is -1.54. The van der Waals surface area contributed by atoms with Crippen molar-refractivity contribution in [1.82, 2.24) is 4.90 Å². The molecule has 3 N–H and O–H groups in total. The number of ether oxygens (including phenoxy) is 1. The highest BCUT2D eigenvalue weighted by Crippen LogP contribution is 2.44. The summed E-state index contributed by atoms with van der Waals surface area (Å²) < 4.78 is 44.7. The van der Waals surface area contributed by atoms with E-state index in [0.717, 1.165) is 0 Å². The second-order valence-corrected chi connectivity index (χ2v) is 6.71. The number of nitrogens with zero attached hydrogens (tertiary/aromatic N) is 1. The third kappa shape index (κ3) is 4.59. The molecule has 0 aliphatic carbocycles. The number of likely N-dealkylation sites (tertiary alicyclic amines) is 1. The lowest BCUT2D eigenvalue weighted by atomic mass is 9.88. The fourth-order valence-corrected chi connectivity index (χ4v) is 3.11. The van der Waals surface area contributed by atoms with E-state index in [9.17, 15) is 22.8 Å². The fraction of sp³-hybridized carbons (Fsp3) is 0.529. The summed E-state index contributed by atoms with van der Waals surface area (Å²) in [6.07, 6.45) is -4.37. The van der Waals surface area contributed by atoms with Gasteiger partial charge in [-0.2, -0.15) is 13.2 Å². The van der Waals surface area contributed by atoms with Crippen molar-refractivity contribution in [3.63, 3.8) is 0 Å². The van der Waals surface area contributed by atoms with Gasteiger partial charge in [-0.25, -0.2) is 4.79 Å². The number of primary amides is 1. The number of carbonyl (C=O) groups is 2. The van der Waals surface area contributed by atoms with Gasteiger partial charge in [-0.1, -0.05) is 0 Å². The van der Waals surface area contributed by atoms with Gasteiger partial charge in [0.1, 0.15) is 5.75 Å². The minimum Gasteiger partial charge on any atom is -0.493 e. The molecule has 0 spiro atoms. The van der Waals surface area contributed by atoms with Crippen LogP contribution in [-0.2, 0) is 4.79 Å². The predicted molar refractivity (Wildman–Crippen MR) is 89.7 cm³/mol. The van der Waals surface area contributed by atoms with Gasteiger partial charge in [0.2, 0.25) is 5.91 Å². The van der Waals surface area contributed by atoms with Crippen LogP contribution in [0.5, 0.6) is 5.75 Å². The molecule has 1 aromatic rings. The average molecular weight is 373 g/mol. The molecule has 6 nitrogen and oxygen atoms in total. The van der Waals surface area contributed by atoms with E-state index in [4.69, 9.17) is 10.5 Å². The maximum absolute atomic E-state index is 13.1. The van der Waals surface area contributed by atoms with Crippen molar-refractivity contribution in [3.05, 3.63) is 24.3 Å². The molecule has 0 saturated carbocycles. The molecular formula is C17H22F3N3O3. The summed E-state index contributed by atoms with van der Waals surface area (Å²) in [4.78, 5) is 24.3. The number of anilines is 1. The lowest BCUT2D eigenvalue weighted by Crippen LogP contribution is -2.51. The topological polar surface area (TPSA) is 84.7 Å². The molecule has 1 aromatic carbocycles. The smallest absolute Gasteiger partial charge is 0.394 e. The molecule has 0 unspecified atom stereocenters. The quantitative estimate of drug-likeness (QED) is 0.832. The molecule has 2 rings (SSSR count). The summed E-state index contributed by atoms with van der Waals surface area (Å²) >= 11 is 0. The van der Waals surface area contributed by atoms with Crippen LogP contribution in [0.4, 0.5) is 23.7 Å². The normalized spacial score (nSPS) is 19.3. The van der Waals surface area contributed by atoms with Crippen LogP contribution in [0.15, 0.2) is 24.3 Å². The van der Waals surface area contributed by atoms with Crippen molar-refractivity contribution in [2.24, 2.45) is 11.7 Å². The molecule has 1 fully saturated rings. The van der Waals surface area contributed by atoms with Crippen LogP contribution in [0.1, 0.15) is 26.7 Å². The van der Waals surface area contributed by atoms with Crippen LogP contribution >= 0.6 is 0 Å². The second-order valence-electron chi connectivity index (χ2n) is 6.71. The zero-order valence-electron chi connectivity index (χ0n) is 14.6. The Morgan fingerprint density at radius 3 is 2.42 bits per heavy atom. The van der Waals surface area contributed by atoms with Crippen LogP contribution in [0.2, 0.25) is 0 Å². The number of nitrogens with one attached hydrogen (secondary N) is 1. The second kappa shape index (κ2) is 7.43. The van der Waals surface area contributed by atoms with Crippen molar-refractivity contribution in [2.45, 2.75) is 38.4 Å². The number of urea groups is 1. The molecule has 1 atom stereocenters.